The molecule has 0 amide bonds. The number of hydrogen-bond acceptors (Lipinski definition) is 3. The zero-order chi connectivity index (χ0) is 14.6. The van der Waals surface area contributed by atoms with Crippen LogP contribution in [-0.2, 0) is 21.1 Å². The van der Waals surface area contributed by atoms with E-state index in [0.717, 1.165) is 6.07 Å². The predicted octanol–water partition coefficient (Wildman–Crippen LogP) is 1.99. The van der Waals surface area contributed by atoms with E-state index < -0.39 is 27.5 Å². The Balaban J connectivity index is 2.87. The average molecular weight is 288 g/mol. The number of carboxylic acid groups (broad SMARTS) is 1. The highest BCUT2D eigenvalue weighted by Crippen LogP contribution is 2.19. The predicted molar refractivity (Wildman–Crippen MR) is 70.5 cm³/mol. The molecule has 4 nitrogen and oxygen atoms in total. The second kappa shape index (κ2) is 6.14. The van der Waals surface area contributed by atoms with E-state index >= 15 is 0 Å². The Hall–Kier alpha value is -1.43. The van der Waals surface area contributed by atoms with Crippen LogP contribution in [0.2, 0.25) is 0 Å². The fourth-order valence-electron chi connectivity index (χ4n) is 1.59. The van der Waals surface area contributed by atoms with Gasteiger partial charge in [-0.2, -0.15) is 0 Å². The number of halogens is 1. The molecule has 0 fully saturated rings. The van der Waals surface area contributed by atoms with Crippen LogP contribution in [0.4, 0.5) is 4.39 Å². The summed E-state index contributed by atoms with van der Waals surface area (Å²) < 4.78 is 36.5. The molecule has 1 N–H and O–H groups in total. The van der Waals surface area contributed by atoms with Gasteiger partial charge in [0.1, 0.15) is 15.7 Å². The molecule has 19 heavy (non-hydrogen) atoms. The van der Waals surface area contributed by atoms with Crippen LogP contribution in [0, 0.1) is 5.82 Å². The van der Waals surface area contributed by atoms with Gasteiger partial charge in [0.2, 0.25) is 0 Å². The van der Waals surface area contributed by atoms with Crippen LogP contribution in [-0.4, -0.2) is 31.0 Å². The Morgan fingerprint density at radius 3 is 2.53 bits per heavy atom. The lowest BCUT2D eigenvalue weighted by atomic mass is 9.99. The molecule has 0 heterocycles. The van der Waals surface area contributed by atoms with Crippen molar-refractivity contribution < 1.29 is 22.7 Å². The molecule has 0 bridgehead atoms. The summed E-state index contributed by atoms with van der Waals surface area (Å²) in [4.78, 5) is 10.8. The Kier molecular flexibility index (Phi) is 5.05. The minimum absolute atomic E-state index is 0.0305. The topological polar surface area (TPSA) is 71.4 Å². The van der Waals surface area contributed by atoms with Gasteiger partial charge in [-0.15, -0.1) is 0 Å². The molecular weight excluding hydrogens is 271 g/mol. The SMILES string of the molecule is CCS(=O)(=O)CCc1ccc(C(C)C(=O)O)cc1F. The van der Waals surface area contributed by atoms with Gasteiger partial charge >= 0.3 is 5.97 Å². The molecule has 0 spiro atoms. The van der Waals surface area contributed by atoms with Gasteiger partial charge in [0.15, 0.2) is 0 Å². The summed E-state index contributed by atoms with van der Waals surface area (Å²) in [5.41, 5.74) is 0.658. The van der Waals surface area contributed by atoms with E-state index in [1.807, 2.05) is 0 Å². The van der Waals surface area contributed by atoms with Gasteiger partial charge in [0.05, 0.1) is 11.7 Å². The Morgan fingerprint density at radius 2 is 2.05 bits per heavy atom. The van der Waals surface area contributed by atoms with E-state index in [-0.39, 0.29) is 17.9 Å². The van der Waals surface area contributed by atoms with E-state index in [1.165, 1.54) is 19.1 Å². The maximum absolute atomic E-state index is 13.8. The molecule has 0 aliphatic rings. The molecule has 1 unspecified atom stereocenters. The molecule has 0 aliphatic heterocycles. The summed E-state index contributed by atoms with van der Waals surface area (Å²) in [5, 5.41) is 8.84. The smallest absolute Gasteiger partial charge is 0.310 e. The van der Waals surface area contributed by atoms with E-state index in [1.54, 1.807) is 6.92 Å². The molecule has 1 atom stereocenters. The Bertz CT molecular complexity index is 566. The second-order valence-corrected chi connectivity index (χ2v) is 6.87. The van der Waals surface area contributed by atoms with Crippen LogP contribution in [0.25, 0.3) is 0 Å². The first kappa shape index (κ1) is 15.6. The number of aliphatic carboxylic acids is 1. The molecule has 106 valence electrons. The third-order valence-electron chi connectivity index (χ3n) is 3.07. The van der Waals surface area contributed by atoms with Crippen LogP contribution in [0.5, 0.6) is 0 Å². The van der Waals surface area contributed by atoms with E-state index in [0.29, 0.717) is 11.1 Å². The Morgan fingerprint density at radius 1 is 1.42 bits per heavy atom. The lowest BCUT2D eigenvalue weighted by Crippen LogP contribution is -2.12. The Labute approximate surface area is 112 Å². The minimum Gasteiger partial charge on any atom is -0.481 e. The number of sulfone groups is 1. The summed E-state index contributed by atoms with van der Waals surface area (Å²) in [7, 11) is -3.14. The van der Waals surface area contributed by atoms with Crippen LogP contribution in [0.15, 0.2) is 18.2 Å². The molecule has 6 heteroatoms. The maximum atomic E-state index is 13.8. The van der Waals surface area contributed by atoms with Gasteiger partial charge in [-0.25, -0.2) is 12.8 Å². The fraction of sp³-hybridized carbons (Fsp3) is 0.462. The molecule has 0 aromatic heterocycles. The van der Waals surface area contributed by atoms with Crippen molar-refractivity contribution in [3.05, 3.63) is 35.1 Å². The first-order valence-corrected chi connectivity index (χ1v) is 7.80. The molecule has 1 rings (SSSR count). The van der Waals surface area contributed by atoms with Crippen molar-refractivity contribution in [2.45, 2.75) is 26.2 Å². The average Bonchev–Trinajstić information content (AvgIpc) is 2.36. The van der Waals surface area contributed by atoms with Gasteiger partial charge in [-0.1, -0.05) is 19.1 Å². The van der Waals surface area contributed by atoms with Crippen molar-refractivity contribution in [1.29, 1.82) is 0 Å². The van der Waals surface area contributed by atoms with Crippen LogP contribution >= 0.6 is 0 Å². The number of carboxylic acids is 1. The van der Waals surface area contributed by atoms with E-state index in [2.05, 4.69) is 0 Å². The first-order chi connectivity index (χ1) is 8.76. The summed E-state index contributed by atoms with van der Waals surface area (Å²) in [6.45, 7) is 3.02. The quantitative estimate of drug-likeness (QED) is 0.869. The summed E-state index contributed by atoms with van der Waals surface area (Å²) in [6, 6.07) is 4.14. The molecule has 1 aromatic carbocycles. The largest absolute Gasteiger partial charge is 0.481 e. The number of hydrogen-bond donors (Lipinski definition) is 1. The highest BCUT2D eigenvalue weighted by Gasteiger charge is 2.16. The van der Waals surface area contributed by atoms with Gasteiger partial charge in [-0.3, -0.25) is 4.79 Å². The van der Waals surface area contributed by atoms with E-state index in [4.69, 9.17) is 5.11 Å². The van der Waals surface area contributed by atoms with Gasteiger partial charge in [0, 0.05) is 5.75 Å². The summed E-state index contributed by atoms with van der Waals surface area (Å²) in [6.07, 6.45) is 0.101. The molecule has 0 aliphatic carbocycles. The van der Waals surface area contributed by atoms with Crippen molar-refractivity contribution in [2.24, 2.45) is 0 Å². The number of rotatable bonds is 6. The normalized spacial score (nSPS) is 13.2. The fourth-order valence-corrected chi connectivity index (χ4v) is 2.41. The number of aryl methyl sites for hydroxylation is 1. The van der Waals surface area contributed by atoms with Gasteiger partial charge < -0.3 is 5.11 Å². The lowest BCUT2D eigenvalue weighted by Gasteiger charge is -2.09. The van der Waals surface area contributed by atoms with Crippen LogP contribution in [0.3, 0.4) is 0 Å². The second-order valence-electron chi connectivity index (χ2n) is 4.40. The van der Waals surface area contributed by atoms with Gasteiger partial charge in [0.25, 0.3) is 0 Å². The molecule has 1 aromatic rings. The van der Waals surface area contributed by atoms with Gasteiger partial charge in [-0.05, 0) is 30.5 Å². The van der Waals surface area contributed by atoms with Crippen molar-refractivity contribution in [2.75, 3.05) is 11.5 Å². The molecule has 0 saturated heterocycles. The zero-order valence-electron chi connectivity index (χ0n) is 10.9. The molecular formula is C13H17FO4S. The van der Waals surface area contributed by atoms with Crippen LogP contribution in [0.1, 0.15) is 30.9 Å². The monoisotopic (exact) mass is 288 g/mol. The van der Waals surface area contributed by atoms with Crippen molar-refractivity contribution in [3.8, 4) is 0 Å². The number of benzene rings is 1. The van der Waals surface area contributed by atoms with Crippen molar-refractivity contribution in [3.63, 3.8) is 0 Å². The minimum atomic E-state index is -3.14. The molecule has 0 saturated carbocycles. The van der Waals surface area contributed by atoms with Crippen molar-refractivity contribution in [1.82, 2.24) is 0 Å². The third-order valence-corrected chi connectivity index (χ3v) is 4.78. The zero-order valence-corrected chi connectivity index (χ0v) is 11.7. The third kappa shape index (κ3) is 4.31. The first-order valence-electron chi connectivity index (χ1n) is 5.98. The standard InChI is InChI=1S/C13H17FO4S/c1-3-19(17,18)7-6-10-4-5-11(8-12(10)14)9(2)13(15)16/h4-5,8-9H,3,6-7H2,1-2H3,(H,15,16). The van der Waals surface area contributed by atoms with Crippen LogP contribution < -0.4 is 0 Å². The number of carbonyl (C=O) groups is 1. The summed E-state index contributed by atoms with van der Waals surface area (Å²) >= 11 is 0. The molecule has 0 radical (unpaired) electrons. The maximum Gasteiger partial charge on any atom is 0.310 e. The summed E-state index contributed by atoms with van der Waals surface area (Å²) in [5.74, 6) is -2.45. The highest BCUT2D eigenvalue weighted by atomic mass is 32.2. The highest BCUT2D eigenvalue weighted by molar-refractivity contribution is 7.91. The van der Waals surface area contributed by atoms with E-state index in [9.17, 15) is 17.6 Å². The lowest BCUT2D eigenvalue weighted by molar-refractivity contribution is -0.138. The van der Waals surface area contributed by atoms with Crippen molar-refractivity contribution >= 4 is 15.8 Å².